The zero-order chi connectivity index (χ0) is 24.1. The number of hydrogen-bond donors (Lipinski definition) is 1. The van der Waals surface area contributed by atoms with Crippen molar-refractivity contribution in [3.05, 3.63) is 94.5 Å². The number of nitrogens with zero attached hydrogens (tertiary/aromatic N) is 4. The third kappa shape index (κ3) is 3.45. The molecular weight excluding hydrogens is 445 g/mol. The average molecular weight is 468 g/mol. The molecule has 0 saturated heterocycles. The molecule has 0 amide bonds. The van der Waals surface area contributed by atoms with E-state index >= 15 is 0 Å². The van der Waals surface area contributed by atoms with E-state index in [1.165, 1.54) is 12.1 Å². The molecule has 1 N–H and O–H groups in total. The first-order chi connectivity index (χ1) is 17.0. The molecule has 8 heteroatoms. The second-order valence-electron chi connectivity index (χ2n) is 8.55. The Bertz CT molecular complexity index is 1780. The van der Waals surface area contributed by atoms with E-state index in [2.05, 4.69) is 15.1 Å². The number of aromatic amines is 1. The van der Waals surface area contributed by atoms with E-state index in [4.69, 9.17) is 4.74 Å². The number of nitrogens with one attached hydrogen (secondary N) is 1. The SMILES string of the molecule is COc1ccc2[nH]cc(CCn3ccc4c(cnc5c(-c6ccc(F)cc6)c(C)nn54)c3=O)c2c1. The summed E-state index contributed by atoms with van der Waals surface area (Å²) in [6.07, 6.45) is 6.07. The molecule has 0 unspecified atom stereocenters. The van der Waals surface area contributed by atoms with Crippen molar-refractivity contribution in [3.63, 3.8) is 0 Å². The molecule has 0 fully saturated rings. The van der Waals surface area contributed by atoms with E-state index in [0.717, 1.165) is 39.0 Å². The van der Waals surface area contributed by atoms with Crippen LogP contribution in [0.5, 0.6) is 5.75 Å². The molecule has 4 heterocycles. The van der Waals surface area contributed by atoms with Crippen LogP contribution in [0.3, 0.4) is 0 Å². The van der Waals surface area contributed by atoms with Gasteiger partial charge in [-0.1, -0.05) is 12.1 Å². The molecule has 0 atom stereocenters. The van der Waals surface area contributed by atoms with Gasteiger partial charge in [-0.15, -0.1) is 0 Å². The predicted molar refractivity (Wildman–Crippen MR) is 133 cm³/mol. The molecular formula is C27H22FN5O2. The molecule has 0 spiro atoms. The van der Waals surface area contributed by atoms with Gasteiger partial charge in [0.2, 0.25) is 0 Å². The summed E-state index contributed by atoms with van der Waals surface area (Å²) in [5.74, 6) is 0.499. The number of H-pyrrole nitrogens is 1. The second kappa shape index (κ2) is 8.09. The van der Waals surface area contributed by atoms with Gasteiger partial charge in [0.25, 0.3) is 5.56 Å². The van der Waals surface area contributed by atoms with Gasteiger partial charge in [0.05, 0.1) is 23.7 Å². The van der Waals surface area contributed by atoms with Crippen molar-refractivity contribution in [1.29, 1.82) is 0 Å². The number of aromatic nitrogens is 5. The summed E-state index contributed by atoms with van der Waals surface area (Å²) in [5, 5.41) is 6.22. The van der Waals surface area contributed by atoms with Crippen molar-refractivity contribution < 1.29 is 9.13 Å². The first-order valence-corrected chi connectivity index (χ1v) is 11.3. The van der Waals surface area contributed by atoms with Gasteiger partial charge in [0.15, 0.2) is 5.65 Å². The van der Waals surface area contributed by atoms with Crippen LogP contribution in [0.2, 0.25) is 0 Å². The summed E-state index contributed by atoms with van der Waals surface area (Å²) >= 11 is 0. The largest absolute Gasteiger partial charge is 0.497 e. The summed E-state index contributed by atoms with van der Waals surface area (Å²) in [6.45, 7) is 2.41. The molecule has 0 aliphatic carbocycles. The maximum absolute atomic E-state index is 13.4. The molecule has 35 heavy (non-hydrogen) atoms. The fourth-order valence-electron chi connectivity index (χ4n) is 4.68. The quantitative estimate of drug-likeness (QED) is 0.392. The molecule has 6 rings (SSSR count). The van der Waals surface area contributed by atoms with Gasteiger partial charge in [-0.25, -0.2) is 13.9 Å². The molecule has 6 aromatic rings. The average Bonchev–Trinajstić information content (AvgIpc) is 3.43. The maximum atomic E-state index is 13.4. The van der Waals surface area contributed by atoms with Crippen LogP contribution >= 0.6 is 0 Å². The highest BCUT2D eigenvalue weighted by Gasteiger charge is 2.16. The molecule has 2 aromatic carbocycles. The Morgan fingerprint density at radius 1 is 1.09 bits per heavy atom. The molecule has 0 saturated carbocycles. The summed E-state index contributed by atoms with van der Waals surface area (Å²) in [4.78, 5) is 21.2. The number of fused-ring (bicyclic) bond motifs is 4. The van der Waals surface area contributed by atoms with Gasteiger partial charge in [0, 0.05) is 41.6 Å². The molecule has 0 bridgehead atoms. The summed E-state index contributed by atoms with van der Waals surface area (Å²) in [7, 11) is 1.65. The maximum Gasteiger partial charge on any atom is 0.261 e. The Morgan fingerprint density at radius 3 is 2.71 bits per heavy atom. The van der Waals surface area contributed by atoms with Crippen LogP contribution in [0.1, 0.15) is 11.3 Å². The number of benzene rings is 2. The predicted octanol–water partition coefficient (Wildman–Crippen LogP) is 4.89. The molecule has 0 aliphatic heterocycles. The number of hydrogen-bond acceptors (Lipinski definition) is 4. The lowest BCUT2D eigenvalue weighted by Gasteiger charge is -2.08. The van der Waals surface area contributed by atoms with E-state index in [0.29, 0.717) is 29.5 Å². The third-order valence-electron chi connectivity index (χ3n) is 6.49. The minimum Gasteiger partial charge on any atom is -0.497 e. The highest BCUT2D eigenvalue weighted by Crippen LogP contribution is 2.29. The van der Waals surface area contributed by atoms with Crippen LogP contribution in [-0.2, 0) is 13.0 Å². The monoisotopic (exact) mass is 467 g/mol. The Hall–Kier alpha value is -4.46. The smallest absolute Gasteiger partial charge is 0.261 e. The lowest BCUT2D eigenvalue weighted by molar-refractivity contribution is 0.415. The van der Waals surface area contributed by atoms with Gasteiger partial charge in [-0.05, 0) is 60.9 Å². The molecule has 0 radical (unpaired) electrons. The van der Waals surface area contributed by atoms with Crippen LogP contribution in [0, 0.1) is 12.7 Å². The zero-order valence-electron chi connectivity index (χ0n) is 19.2. The Kier molecular flexibility index (Phi) is 4.88. The molecule has 7 nitrogen and oxygen atoms in total. The van der Waals surface area contributed by atoms with E-state index in [-0.39, 0.29) is 11.4 Å². The lowest BCUT2D eigenvalue weighted by atomic mass is 10.1. The van der Waals surface area contributed by atoms with Gasteiger partial charge in [-0.2, -0.15) is 5.10 Å². The molecule has 0 aliphatic rings. The van der Waals surface area contributed by atoms with Crippen molar-refractivity contribution in [3.8, 4) is 16.9 Å². The van der Waals surface area contributed by atoms with Crippen molar-refractivity contribution in [2.24, 2.45) is 0 Å². The first-order valence-electron chi connectivity index (χ1n) is 11.3. The van der Waals surface area contributed by atoms with E-state index in [1.807, 2.05) is 37.4 Å². The van der Waals surface area contributed by atoms with Gasteiger partial charge < -0.3 is 14.3 Å². The Balaban J connectivity index is 1.38. The number of rotatable bonds is 5. The summed E-state index contributed by atoms with van der Waals surface area (Å²) in [5.41, 5.74) is 5.76. The zero-order valence-corrected chi connectivity index (χ0v) is 19.2. The minimum absolute atomic E-state index is 0.120. The van der Waals surface area contributed by atoms with Crippen LogP contribution < -0.4 is 10.3 Å². The van der Waals surface area contributed by atoms with E-state index in [1.54, 1.807) is 40.7 Å². The van der Waals surface area contributed by atoms with Crippen molar-refractivity contribution >= 4 is 27.5 Å². The lowest BCUT2D eigenvalue weighted by Crippen LogP contribution is -2.21. The fourth-order valence-corrected chi connectivity index (χ4v) is 4.68. The normalized spacial score (nSPS) is 11.6. The summed E-state index contributed by atoms with van der Waals surface area (Å²) < 4.78 is 22.2. The first kappa shape index (κ1) is 21.1. The Morgan fingerprint density at radius 2 is 1.91 bits per heavy atom. The standard InChI is InChI=1S/C27H22FN5O2/c1-16-25(17-3-5-19(28)6-4-17)26-30-15-22-24(33(26)31-16)10-12-32(27(22)34)11-9-18-14-29-23-8-7-20(35-2)13-21(18)23/h3-8,10,12-15,29H,9,11H2,1-2H3. The van der Waals surface area contributed by atoms with Crippen LogP contribution in [-0.4, -0.2) is 31.3 Å². The number of aryl methyl sites for hydroxylation is 3. The fraction of sp³-hybridized carbons (Fsp3) is 0.148. The molecule has 4 aromatic heterocycles. The van der Waals surface area contributed by atoms with Crippen molar-refractivity contribution in [2.45, 2.75) is 19.9 Å². The number of pyridine rings is 1. The van der Waals surface area contributed by atoms with E-state index in [9.17, 15) is 9.18 Å². The van der Waals surface area contributed by atoms with Crippen molar-refractivity contribution in [2.75, 3.05) is 7.11 Å². The second-order valence-corrected chi connectivity index (χ2v) is 8.55. The summed E-state index contributed by atoms with van der Waals surface area (Å²) in [6, 6.07) is 14.1. The number of halogens is 1. The van der Waals surface area contributed by atoms with E-state index < -0.39 is 0 Å². The van der Waals surface area contributed by atoms with Crippen LogP contribution in [0.15, 0.2) is 71.9 Å². The third-order valence-corrected chi connectivity index (χ3v) is 6.49. The topological polar surface area (TPSA) is 77.2 Å². The van der Waals surface area contributed by atoms with Crippen molar-refractivity contribution in [1.82, 2.24) is 24.1 Å². The number of ether oxygens (including phenoxy) is 1. The Labute approximate surface area is 199 Å². The molecule has 174 valence electrons. The van der Waals surface area contributed by atoms with Gasteiger partial charge in [-0.3, -0.25) is 4.79 Å². The minimum atomic E-state index is -0.298. The van der Waals surface area contributed by atoms with Gasteiger partial charge >= 0.3 is 0 Å². The highest BCUT2D eigenvalue weighted by molar-refractivity contribution is 5.87. The van der Waals surface area contributed by atoms with Gasteiger partial charge in [0.1, 0.15) is 11.6 Å². The van der Waals surface area contributed by atoms with Crippen LogP contribution in [0.25, 0.3) is 38.6 Å². The number of methoxy groups -OCH3 is 1. The highest BCUT2D eigenvalue weighted by atomic mass is 19.1. The van der Waals surface area contributed by atoms with Crippen LogP contribution in [0.4, 0.5) is 4.39 Å².